The first-order chi connectivity index (χ1) is 19.4. The van der Waals surface area contributed by atoms with Crippen molar-refractivity contribution >= 4 is 45.9 Å². The van der Waals surface area contributed by atoms with Crippen molar-refractivity contribution in [3.63, 3.8) is 0 Å². The van der Waals surface area contributed by atoms with E-state index in [9.17, 15) is 9.18 Å². The number of aromatic nitrogens is 1. The van der Waals surface area contributed by atoms with E-state index in [0.717, 1.165) is 22.1 Å². The highest BCUT2D eigenvalue weighted by atomic mass is 35.5. The lowest BCUT2D eigenvalue weighted by atomic mass is 10.1. The fourth-order valence-corrected chi connectivity index (χ4v) is 4.68. The van der Waals surface area contributed by atoms with Crippen molar-refractivity contribution in [1.29, 1.82) is 0 Å². The van der Waals surface area contributed by atoms with E-state index in [4.69, 9.17) is 16.3 Å². The highest BCUT2D eigenvalue weighted by molar-refractivity contribution is 7.14. The molecule has 0 spiro atoms. The maximum absolute atomic E-state index is 13.9. The monoisotopic (exact) mass is 570 g/mol. The molecule has 4 aromatic carbocycles. The summed E-state index contributed by atoms with van der Waals surface area (Å²) in [5.74, 6) is -0.271. The highest BCUT2D eigenvalue weighted by Gasteiger charge is 2.10. The zero-order valence-electron chi connectivity index (χ0n) is 21.4. The van der Waals surface area contributed by atoms with Crippen LogP contribution in [0, 0.1) is 12.7 Å². The van der Waals surface area contributed by atoms with Gasteiger partial charge in [0.2, 0.25) is 0 Å². The minimum absolute atomic E-state index is 0.0380. The number of carbonyl (C=O) groups is 1. The minimum atomic E-state index is -0.376. The Hall–Kier alpha value is -4.53. The molecule has 0 aliphatic heterocycles. The van der Waals surface area contributed by atoms with Gasteiger partial charge in [0.15, 0.2) is 5.13 Å². The predicted octanol–water partition coefficient (Wildman–Crippen LogP) is 8.00. The first kappa shape index (κ1) is 27.1. The number of nitrogens with one attached hydrogen (secondary N) is 2. The Morgan fingerprint density at radius 3 is 2.60 bits per heavy atom. The Labute approximate surface area is 240 Å². The van der Waals surface area contributed by atoms with Gasteiger partial charge in [0, 0.05) is 38.3 Å². The normalized spacial score (nSPS) is 11.0. The van der Waals surface area contributed by atoms with Crippen molar-refractivity contribution < 1.29 is 13.9 Å². The van der Waals surface area contributed by atoms with E-state index in [2.05, 4.69) is 20.8 Å². The van der Waals surface area contributed by atoms with Crippen LogP contribution in [0.15, 0.2) is 101 Å². The minimum Gasteiger partial charge on any atom is -0.488 e. The van der Waals surface area contributed by atoms with Gasteiger partial charge in [-0.2, -0.15) is 5.10 Å². The number of carbonyl (C=O) groups excluding carboxylic acids is 1. The summed E-state index contributed by atoms with van der Waals surface area (Å²) in [5.41, 5.74) is 7.80. The lowest BCUT2D eigenvalue weighted by molar-refractivity contribution is 0.0955. The number of anilines is 2. The highest BCUT2D eigenvalue weighted by Crippen LogP contribution is 2.28. The van der Waals surface area contributed by atoms with Gasteiger partial charge in [-0.3, -0.25) is 4.79 Å². The Morgan fingerprint density at radius 1 is 1.05 bits per heavy atom. The van der Waals surface area contributed by atoms with Gasteiger partial charge in [-0.25, -0.2) is 14.8 Å². The van der Waals surface area contributed by atoms with E-state index in [0.29, 0.717) is 27.5 Å². The van der Waals surface area contributed by atoms with Crippen LogP contribution >= 0.6 is 22.9 Å². The number of aryl methyl sites for hydroxylation is 1. The number of rotatable bonds is 9. The first-order valence-electron chi connectivity index (χ1n) is 12.3. The number of hydrogen-bond acceptors (Lipinski definition) is 6. The fraction of sp³-hybridized carbons (Fsp3) is 0.0645. The third kappa shape index (κ3) is 6.91. The molecule has 2 N–H and O–H groups in total. The molecule has 0 fully saturated rings. The summed E-state index contributed by atoms with van der Waals surface area (Å²) in [5, 5.41) is 10.6. The third-order valence-electron chi connectivity index (χ3n) is 5.93. The first-order valence-corrected chi connectivity index (χ1v) is 13.6. The quantitative estimate of drug-likeness (QED) is 0.139. The predicted molar refractivity (Wildman–Crippen MR) is 159 cm³/mol. The smallest absolute Gasteiger partial charge is 0.271 e. The molecule has 0 aliphatic rings. The van der Waals surface area contributed by atoms with Crippen molar-refractivity contribution in [2.75, 3.05) is 5.32 Å². The topological polar surface area (TPSA) is 75.6 Å². The van der Waals surface area contributed by atoms with Crippen LogP contribution in [0.5, 0.6) is 5.75 Å². The molecular weight excluding hydrogens is 547 g/mol. The summed E-state index contributed by atoms with van der Waals surface area (Å²) in [6.45, 7) is 2.08. The number of hydrogen-bond donors (Lipinski definition) is 2. The maximum atomic E-state index is 13.9. The van der Waals surface area contributed by atoms with Crippen LogP contribution in [-0.2, 0) is 6.61 Å². The lowest BCUT2D eigenvalue weighted by Crippen LogP contribution is -2.17. The number of benzene rings is 4. The molecule has 0 saturated heterocycles. The Kier molecular flexibility index (Phi) is 8.49. The summed E-state index contributed by atoms with van der Waals surface area (Å²) in [7, 11) is 0. The fourth-order valence-electron chi connectivity index (χ4n) is 3.76. The maximum Gasteiger partial charge on any atom is 0.271 e. The lowest BCUT2D eigenvalue weighted by Gasteiger charge is -2.10. The third-order valence-corrected chi connectivity index (χ3v) is 6.93. The molecule has 0 aliphatic carbocycles. The van der Waals surface area contributed by atoms with Gasteiger partial charge in [0.25, 0.3) is 5.91 Å². The summed E-state index contributed by atoms with van der Waals surface area (Å²) in [4.78, 5) is 17.3. The van der Waals surface area contributed by atoms with Gasteiger partial charge in [0.05, 0.1) is 11.9 Å². The summed E-state index contributed by atoms with van der Waals surface area (Å²) in [6, 6.07) is 26.6. The van der Waals surface area contributed by atoms with E-state index < -0.39 is 0 Å². The van der Waals surface area contributed by atoms with Crippen LogP contribution in [-0.4, -0.2) is 17.1 Å². The van der Waals surface area contributed by atoms with Crippen molar-refractivity contribution in [3.8, 4) is 17.0 Å². The molecule has 5 rings (SSSR count). The zero-order chi connectivity index (χ0) is 27.9. The number of thiazole rings is 1. The van der Waals surface area contributed by atoms with Crippen LogP contribution in [0.25, 0.3) is 11.3 Å². The second-order valence-electron chi connectivity index (χ2n) is 8.87. The van der Waals surface area contributed by atoms with E-state index in [1.807, 2.05) is 48.7 Å². The van der Waals surface area contributed by atoms with Crippen molar-refractivity contribution in [2.24, 2.45) is 5.10 Å². The van der Waals surface area contributed by atoms with Crippen LogP contribution in [0.1, 0.15) is 27.0 Å². The largest absolute Gasteiger partial charge is 0.488 e. The standard InChI is InChI=1S/C31H24ClFN4O2S/c1-20-6-13-26(14-7-20)35-31-36-28(19-40-31)21-8-10-22(11-9-21)30(38)37-34-17-24-16-25(32)12-15-29(24)39-18-23-4-2-3-5-27(23)33/h2-17,19H,18H2,1H3,(H,35,36)(H,37,38)/b34-17-. The summed E-state index contributed by atoms with van der Waals surface area (Å²) in [6.07, 6.45) is 1.44. The molecule has 9 heteroatoms. The van der Waals surface area contributed by atoms with Gasteiger partial charge in [-0.1, -0.05) is 59.6 Å². The Morgan fingerprint density at radius 2 is 1.82 bits per heavy atom. The van der Waals surface area contributed by atoms with E-state index in [1.54, 1.807) is 48.5 Å². The van der Waals surface area contributed by atoms with E-state index in [-0.39, 0.29) is 18.3 Å². The van der Waals surface area contributed by atoms with E-state index in [1.165, 1.54) is 29.2 Å². The second-order valence-corrected chi connectivity index (χ2v) is 10.2. The number of nitrogens with zero attached hydrogens (tertiary/aromatic N) is 2. The van der Waals surface area contributed by atoms with Gasteiger partial charge >= 0.3 is 0 Å². The average molecular weight is 571 g/mol. The number of amides is 1. The van der Waals surface area contributed by atoms with Crippen molar-refractivity contribution in [2.45, 2.75) is 13.5 Å². The second kappa shape index (κ2) is 12.5. The molecule has 0 saturated carbocycles. The molecule has 0 atom stereocenters. The molecule has 40 heavy (non-hydrogen) atoms. The number of ether oxygens (including phenoxy) is 1. The van der Waals surface area contributed by atoms with Crippen LogP contribution in [0.4, 0.5) is 15.2 Å². The zero-order valence-corrected chi connectivity index (χ0v) is 23.0. The molecule has 0 unspecified atom stereocenters. The van der Waals surface area contributed by atoms with Gasteiger partial charge < -0.3 is 10.1 Å². The van der Waals surface area contributed by atoms with Gasteiger partial charge in [-0.05, 0) is 55.5 Å². The van der Waals surface area contributed by atoms with Crippen LogP contribution < -0.4 is 15.5 Å². The molecule has 1 aromatic heterocycles. The summed E-state index contributed by atoms with van der Waals surface area (Å²) < 4.78 is 19.7. The SMILES string of the molecule is Cc1ccc(Nc2nc(-c3ccc(C(=O)N/N=C\c4cc(Cl)ccc4OCc4ccccc4F)cc3)cs2)cc1. The molecule has 200 valence electrons. The average Bonchev–Trinajstić information content (AvgIpc) is 3.43. The molecule has 6 nitrogen and oxygen atoms in total. The molecule has 0 radical (unpaired) electrons. The van der Waals surface area contributed by atoms with Crippen LogP contribution in [0.2, 0.25) is 5.02 Å². The molecule has 1 heterocycles. The molecule has 5 aromatic rings. The Balaban J connectivity index is 1.20. The van der Waals surface area contributed by atoms with Crippen molar-refractivity contribution in [1.82, 2.24) is 10.4 Å². The molecule has 0 bridgehead atoms. The van der Waals surface area contributed by atoms with E-state index >= 15 is 0 Å². The number of halogens is 2. The van der Waals surface area contributed by atoms with Gasteiger partial charge in [0.1, 0.15) is 18.2 Å². The molecular formula is C31H24ClFN4O2S. The number of hydrazone groups is 1. The summed E-state index contributed by atoms with van der Waals surface area (Å²) >= 11 is 7.65. The molecule has 1 amide bonds. The Bertz CT molecular complexity index is 1650. The van der Waals surface area contributed by atoms with Crippen molar-refractivity contribution in [3.05, 3.63) is 129 Å². The van der Waals surface area contributed by atoms with Gasteiger partial charge in [-0.15, -0.1) is 11.3 Å². The van der Waals surface area contributed by atoms with Crippen LogP contribution in [0.3, 0.4) is 0 Å².